The van der Waals surface area contributed by atoms with Gasteiger partial charge in [-0.3, -0.25) is 4.79 Å². The quantitative estimate of drug-likeness (QED) is 0.782. The molecule has 0 aliphatic heterocycles. The molecule has 0 heterocycles. The first-order valence-corrected chi connectivity index (χ1v) is 6.67. The van der Waals surface area contributed by atoms with Crippen LogP contribution in [-0.4, -0.2) is 5.91 Å². The molecule has 1 amide bonds. The number of hydrogen-bond acceptors (Lipinski definition) is 1. The smallest absolute Gasteiger partial charge is 0.240 e. The molecule has 0 spiro atoms. The molecule has 1 aromatic carbocycles. The normalized spacial score (nSPS) is 14.3. The number of nitrogens with two attached hydrogens (primary N) is 1. The van der Waals surface area contributed by atoms with Crippen LogP contribution in [0.1, 0.15) is 0 Å². The van der Waals surface area contributed by atoms with Crippen LogP contribution in [-0.2, 0) is 4.79 Å². The maximum absolute atomic E-state index is 9.47. The summed E-state index contributed by atoms with van der Waals surface area (Å²) >= 11 is 0. The van der Waals surface area contributed by atoms with Crippen LogP contribution >= 0.6 is 0 Å². The van der Waals surface area contributed by atoms with Crippen LogP contribution in [0, 0.1) is 0 Å². The number of rotatable bonds is 1. The summed E-state index contributed by atoms with van der Waals surface area (Å²) < 4.78 is 0. The average molecular weight is 275 g/mol. The predicted molar refractivity (Wildman–Crippen MR) is 88.5 cm³/mol. The summed E-state index contributed by atoms with van der Waals surface area (Å²) in [6.07, 6.45) is 18.1. The van der Waals surface area contributed by atoms with Gasteiger partial charge in [0.15, 0.2) is 0 Å². The van der Waals surface area contributed by atoms with Gasteiger partial charge in [-0.1, -0.05) is 79.5 Å². The fraction of sp³-hybridized carbons (Fsp3) is 0. The highest BCUT2D eigenvalue weighted by molar-refractivity contribution is 5.85. The van der Waals surface area contributed by atoms with E-state index in [0.29, 0.717) is 0 Å². The van der Waals surface area contributed by atoms with Crippen molar-refractivity contribution in [2.24, 2.45) is 5.73 Å². The third-order valence-corrected chi connectivity index (χ3v) is 3.08. The average Bonchev–Trinajstić information content (AvgIpc) is 2.82. The van der Waals surface area contributed by atoms with Crippen molar-refractivity contribution in [2.45, 2.75) is 0 Å². The highest BCUT2D eigenvalue weighted by atomic mass is 16.1. The Balaban J connectivity index is 0.000000282. The maximum Gasteiger partial charge on any atom is 0.240 e. The summed E-state index contributed by atoms with van der Waals surface area (Å²) in [5.74, 6) is -0.481. The van der Waals surface area contributed by atoms with E-state index < -0.39 is 5.91 Å². The first-order valence-electron chi connectivity index (χ1n) is 6.67. The van der Waals surface area contributed by atoms with Crippen LogP contribution in [0.25, 0.3) is 11.6 Å². The zero-order valence-electron chi connectivity index (χ0n) is 11.7. The zero-order valence-corrected chi connectivity index (χ0v) is 11.7. The Labute approximate surface area is 124 Å². The fourth-order valence-corrected chi connectivity index (χ4v) is 2.09. The van der Waals surface area contributed by atoms with Crippen molar-refractivity contribution >= 4 is 17.6 Å². The van der Waals surface area contributed by atoms with E-state index >= 15 is 0 Å². The van der Waals surface area contributed by atoms with Crippen molar-refractivity contribution in [3.8, 4) is 0 Å². The molecule has 21 heavy (non-hydrogen) atoms. The van der Waals surface area contributed by atoms with Gasteiger partial charge in [-0.2, -0.15) is 0 Å². The van der Waals surface area contributed by atoms with E-state index in [1.165, 1.54) is 21.6 Å². The van der Waals surface area contributed by atoms with Gasteiger partial charge in [-0.15, -0.1) is 0 Å². The Bertz CT molecular complexity index is 789. The molecule has 0 bridgehead atoms. The molecule has 0 aromatic heterocycles. The molecule has 1 aromatic rings. The monoisotopic (exact) mass is 275 g/mol. The number of fused-ring (bicyclic) bond motifs is 2. The lowest BCUT2D eigenvalue weighted by Gasteiger charge is -2.01. The van der Waals surface area contributed by atoms with Gasteiger partial charge in [0.2, 0.25) is 5.91 Å². The molecule has 2 aliphatic carbocycles. The van der Waals surface area contributed by atoms with E-state index in [4.69, 9.17) is 0 Å². The molecule has 2 nitrogen and oxygen atoms in total. The van der Waals surface area contributed by atoms with Crippen molar-refractivity contribution in [2.75, 3.05) is 0 Å². The van der Waals surface area contributed by atoms with Crippen molar-refractivity contribution in [1.82, 2.24) is 0 Å². The highest BCUT2D eigenvalue weighted by Crippen LogP contribution is 2.16. The number of carbonyl (C=O) groups is 1. The van der Waals surface area contributed by atoms with Crippen LogP contribution in [0.3, 0.4) is 0 Å². The molecular formula is C19H17NO. The summed E-state index contributed by atoms with van der Waals surface area (Å²) in [6.45, 7) is 3.09. The minimum absolute atomic E-state index is 0.481. The summed E-state index contributed by atoms with van der Waals surface area (Å²) in [5.41, 5.74) is 7.10. The summed E-state index contributed by atoms with van der Waals surface area (Å²) in [4.78, 5) is 9.47. The van der Waals surface area contributed by atoms with Gasteiger partial charge in [-0.25, -0.2) is 0 Å². The van der Waals surface area contributed by atoms with E-state index in [-0.39, 0.29) is 0 Å². The summed E-state index contributed by atoms with van der Waals surface area (Å²) in [7, 11) is 0. The Hall–Kier alpha value is -2.87. The van der Waals surface area contributed by atoms with Gasteiger partial charge >= 0.3 is 0 Å². The molecule has 2 heteroatoms. The molecule has 104 valence electrons. The SMILES string of the molecule is C1=CC=C2C=CC=c3ccccc3=C2C=C1.C=CC(N)=O. The number of hydrogen-bond donors (Lipinski definition) is 1. The maximum atomic E-state index is 9.47. The molecule has 0 saturated carbocycles. The van der Waals surface area contributed by atoms with Crippen LogP contribution in [0.2, 0.25) is 0 Å². The zero-order chi connectivity index (χ0) is 15.1. The largest absolute Gasteiger partial charge is 0.366 e. The second-order valence-electron chi connectivity index (χ2n) is 4.50. The van der Waals surface area contributed by atoms with Crippen molar-refractivity contribution < 1.29 is 4.79 Å². The first kappa shape index (κ1) is 14.5. The predicted octanol–water partition coefficient (Wildman–Crippen LogP) is 1.90. The van der Waals surface area contributed by atoms with Crippen LogP contribution in [0.5, 0.6) is 0 Å². The van der Waals surface area contributed by atoms with E-state index in [2.05, 4.69) is 85.2 Å². The number of carbonyl (C=O) groups excluding carboxylic acids is 1. The van der Waals surface area contributed by atoms with Crippen molar-refractivity contribution in [3.05, 3.63) is 95.5 Å². The van der Waals surface area contributed by atoms with Gasteiger partial charge in [0.1, 0.15) is 0 Å². The van der Waals surface area contributed by atoms with Crippen LogP contribution in [0.15, 0.2) is 85.0 Å². The number of allylic oxidation sites excluding steroid dienone is 8. The number of amides is 1. The minimum atomic E-state index is -0.481. The van der Waals surface area contributed by atoms with Crippen molar-refractivity contribution in [3.63, 3.8) is 0 Å². The Morgan fingerprint density at radius 3 is 2.52 bits per heavy atom. The second kappa shape index (κ2) is 7.06. The number of benzene rings is 1. The van der Waals surface area contributed by atoms with Crippen molar-refractivity contribution in [1.29, 1.82) is 0 Å². The third-order valence-electron chi connectivity index (χ3n) is 3.08. The summed E-state index contributed by atoms with van der Waals surface area (Å²) in [5, 5.41) is 2.59. The van der Waals surface area contributed by atoms with Gasteiger partial charge < -0.3 is 5.73 Å². The molecule has 2 aliphatic rings. The van der Waals surface area contributed by atoms with Gasteiger partial charge in [-0.05, 0) is 27.7 Å². The van der Waals surface area contributed by atoms with E-state index in [1.54, 1.807) is 0 Å². The van der Waals surface area contributed by atoms with E-state index in [1.807, 2.05) is 0 Å². The lowest BCUT2D eigenvalue weighted by Crippen LogP contribution is -2.25. The second-order valence-corrected chi connectivity index (χ2v) is 4.50. The first-order chi connectivity index (χ1) is 10.2. The van der Waals surface area contributed by atoms with Gasteiger partial charge in [0.05, 0.1) is 0 Å². The van der Waals surface area contributed by atoms with Gasteiger partial charge in [0, 0.05) is 0 Å². The fourth-order valence-electron chi connectivity index (χ4n) is 2.09. The van der Waals surface area contributed by atoms with Gasteiger partial charge in [0.25, 0.3) is 0 Å². The Kier molecular flexibility index (Phi) is 4.89. The molecule has 0 fully saturated rings. The van der Waals surface area contributed by atoms with E-state index in [0.717, 1.165) is 6.08 Å². The minimum Gasteiger partial charge on any atom is -0.366 e. The van der Waals surface area contributed by atoms with E-state index in [9.17, 15) is 4.79 Å². The standard InChI is InChI=1S/C16H12.C3H5NO/c1-2-7-13-9-6-10-14-8-4-5-12-16(14)15(13)11-3-1;1-2-3(4)5/h1-12H;2H,1H2,(H2,4,5). The van der Waals surface area contributed by atoms with Crippen LogP contribution < -0.4 is 16.2 Å². The lowest BCUT2D eigenvalue weighted by atomic mass is 10.0. The van der Waals surface area contributed by atoms with Crippen LogP contribution in [0.4, 0.5) is 0 Å². The third kappa shape index (κ3) is 3.80. The molecule has 0 atom stereocenters. The molecule has 0 saturated heterocycles. The number of primary amides is 1. The topological polar surface area (TPSA) is 43.1 Å². The molecule has 3 rings (SSSR count). The molecule has 2 N–H and O–H groups in total. The summed E-state index contributed by atoms with van der Waals surface area (Å²) in [6, 6.07) is 8.51. The molecule has 0 unspecified atom stereocenters. The highest BCUT2D eigenvalue weighted by Gasteiger charge is 2.03. The Morgan fingerprint density at radius 2 is 1.76 bits per heavy atom. The molecule has 0 radical (unpaired) electrons. The Morgan fingerprint density at radius 1 is 1.00 bits per heavy atom. The molecular weight excluding hydrogens is 258 g/mol. The lowest BCUT2D eigenvalue weighted by molar-refractivity contribution is -0.113.